The maximum absolute atomic E-state index is 12.5. The number of hydrogen-bond donors (Lipinski definition) is 0. The Morgan fingerprint density at radius 3 is 2.69 bits per heavy atom. The van der Waals surface area contributed by atoms with Gasteiger partial charge in [0.15, 0.2) is 0 Å². The Labute approximate surface area is 199 Å². The molecule has 0 N–H and O–H groups in total. The largest absolute Gasteiger partial charge is 0.489 e. The molecule has 2 aromatic rings. The first-order valence-electron chi connectivity index (χ1n) is 10.7. The van der Waals surface area contributed by atoms with E-state index in [2.05, 4.69) is 23.2 Å². The first-order valence-corrected chi connectivity index (χ1v) is 11.9. The third-order valence-electron chi connectivity index (χ3n) is 5.38. The summed E-state index contributed by atoms with van der Waals surface area (Å²) in [5, 5.41) is 0.696. The van der Waals surface area contributed by atoms with Gasteiger partial charge in [0.2, 0.25) is 0 Å². The summed E-state index contributed by atoms with van der Waals surface area (Å²) in [6.45, 7) is 6.88. The summed E-state index contributed by atoms with van der Waals surface area (Å²) in [4.78, 5) is 15.7. The van der Waals surface area contributed by atoms with Gasteiger partial charge in [0, 0.05) is 23.0 Å². The molecule has 3 rings (SSSR count). The second kappa shape index (κ2) is 11.9. The van der Waals surface area contributed by atoms with Gasteiger partial charge < -0.3 is 19.1 Å². The number of hydrogen-bond acceptors (Lipinski definition) is 7. The van der Waals surface area contributed by atoms with Crippen molar-refractivity contribution < 1.29 is 19.0 Å². The predicted octanol–water partition coefficient (Wildman–Crippen LogP) is 4.51. The van der Waals surface area contributed by atoms with E-state index in [-0.39, 0.29) is 18.2 Å². The molecule has 0 spiro atoms. The van der Waals surface area contributed by atoms with Crippen LogP contribution in [0.15, 0.2) is 53.4 Å². The Balaban J connectivity index is 1.65. The second-order valence-corrected chi connectivity index (χ2v) is 9.43. The maximum atomic E-state index is 12.5. The van der Waals surface area contributed by atoms with Crippen LogP contribution in [-0.4, -0.2) is 67.2 Å². The van der Waals surface area contributed by atoms with Crippen molar-refractivity contribution >= 4 is 29.5 Å². The molecule has 1 fully saturated rings. The lowest BCUT2D eigenvalue weighted by Gasteiger charge is -2.42. The molecular weight excluding hydrogens is 448 g/mol. The van der Waals surface area contributed by atoms with Gasteiger partial charge in [-0.3, -0.25) is 4.79 Å². The SMILES string of the molecule is CCN(C)CC1CN(Sc2ccc(OCc3cccc(Cl)c3)cc2)C(C(=O)OC)[C@H](C)O1. The van der Waals surface area contributed by atoms with E-state index < -0.39 is 6.04 Å². The number of ether oxygens (including phenoxy) is 3. The van der Waals surface area contributed by atoms with Crippen LogP contribution >= 0.6 is 23.5 Å². The number of likely N-dealkylation sites (N-methyl/N-ethyl adjacent to an activating group) is 1. The molecule has 0 amide bonds. The van der Waals surface area contributed by atoms with Crippen molar-refractivity contribution in [1.29, 1.82) is 0 Å². The van der Waals surface area contributed by atoms with Gasteiger partial charge in [0.05, 0.1) is 19.3 Å². The fourth-order valence-corrected chi connectivity index (χ4v) is 4.95. The first-order chi connectivity index (χ1) is 15.4. The molecule has 1 heterocycles. The smallest absolute Gasteiger partial charge is 0.326 e. The summed E-state index contributed by atoms with van der Waals surface area (Å²) >= 11 is 7.58. The number of carbonyl (C=O) groups excluding carboxylic acids is 1. The highest BCUT2D eigenvalue weighted by Crippen LogP contribution is 2.32. The summed E-state index contributed by atoms with van der Waals surface area (Å²) in [5.74, 6) is 0.491. The molecule has 1 aliphatic rings. The molecule has 0 aromatic heterocycles. The fourth-order valence-electron chi connectivity index (χ4n) is 3.60. The van der Waals surface area contributed by atoms with Gasteiger partial charge in [-0.25, -0.2) is 4.31 Å². The quantitative estimate of drug-likeness (QED) is 0.388. The molecule has 174 valence electrons. The highest BCUT2D eigenvalue weighted by Gasteiger charge is 2.40. The van der Waals surface area contributed by atoms with Gasteiger partial charge in [-0.1, -0.05) is 30.7 Å². The van der Waals surface area contributed by atoms with Crippen LogP contribution in [0.1, 0.15) is 19.4 Å². The molecule has 1 saturated heterocycles. The molecule has 0 bridgehead atoms. The first kappa shape index (κ1) is 24.9. The van der Waals surface area contributed by atoms with Crippen LogP contribution in [0.25, 0.3) is 0 Å². The summed E-state index contributed by atoms with van der Waals surface area (Å²) in [6, 6.07) is 15.0. The lowest BCUT2D eigenvalue weighted by atomic mass is 10.1. The van der Waals surface area contributed by atoms with E-state index in [1.165, 1.54) is 7.11 Å². The molecule has 0 aliphatic carbocycles. The number of rotatable bonds is 9. The molecule has 0 saturated carbocycles. The lowest BCUT2D eigenvalue weighted by Crippen LogP contribution is -2.56. The molecule has 8 heteroatoms. The Morgan fingerprint density at radius 1 is 1.28 bits per heavy atom. The second-order valence-electron chi connectivity index (χ2n) is 7.87. The van der Waals surface area contributed by atoms with E-state index in [1.54, 1.807) is 11.9 Å². The van der Waals surface area contributed by atoms with E-state index in [9.17, 15) is 4.79 Å². The molecule has 32 heavy (non-hydrogen) atoms. The zero-order chi connectivity index (χ0) is 23.1. The number of carbonyl (C=O) groups is 1. The molecule has 0 radical (unpaired) electrons. The van der Waals surface area contributed by atoms with Crippen LogP contribution in [0.5, 0.6) is 5.75 Å². The van der Waals surface area contributed by atoms with Crippen molar-refractivity contribution in [3.05, 3.63) is 59.1 Å². The summed E-state index contributed by atoms with van der Waals surface area (Å²) < 4.78 is 19.1. The lowest BCUT2D eigenvalue weighted by molar-refractivity contribution is -0.160. The Morgan fingerprint density at radius 2 is 2.03 bits per heavy atom. The fraction of sp³-hybridized carbons (Fsp3) is 0.458. The topological polar surface area (TPSA) is 51.2 Å². The Hall–Kier alpha value is -1.77. The average Bonchev–Trinajstić information content (AvgIpc) is 2.78. The summed E-state index contributed by atoms with van der Waals surface area (Å²) in [7, 11) is 3.49. The molecule has 1 aliphatic heterocycles. The van der Waals surface area contributed by atoms with E-state index >= 15 is 0 Å². The number of esters is 1. The normalized spacial score (nSPS) is 21.5. The van der Waals surface area contributed by atoms with E-state index in [1.807, 2.05) is 55.5 Å². The minimum atomic E-state index is -0.466. The van der Waals surface area contributed by atoms with Crippen LogP contribution < -0.4 is 4.74 Å². The van der Waals surface area contributed by atoms with E-state index in [0.717, 1.165) is 29.3 Å². The van der Waals surface area contributed by atoms with Crippen molar-refractivity contribution in [2.45, 2.75) is 43.6 Å². The molecular formula is C24H31ClN2O4S. The van der Waals surface area contributed by atoms with Crippen molar-refractivity contribution in [2.24, 2.45) is 0 Å². The monoisotopic (exact) mass is 478 g/mol. The van der Waals surface area contributed by atoms with Crippen molar-refractivity contribution in [1.82, 2.24) is 9.21 Å². The number of methoxy groups -OCH3 is 1. The minimum absolute atomic E-state index is 0.0173. The zero-order valence-electron chi connectivity index (χ0n) is 19.0. The van der Waals surface area contributed by atoms with Crippen molar-refractivity contribution in [3.63, 3.8) is 0 Å². The average molecular weight is 479 g/mol. The molecule has 2 aromatic carbocycles. The minimum Gasteiger partial charge on any atom is -0.489 e. The van der Waals surface area contributed by atoms with E-state index in [4.69, 9.17) is 25.8 Å². The number of benzene rings is 2. The molecule has 3 atom stereocenters. The highest BCUT2D eigenvalue weighted by molar-refractivity contribution is 7.97. The third kappa shape index (κ3) is 6.86. The van der Waals surface area contributed by atoms with Crippen LogP contribution in [-0.2, 0) is 20.9 Å². The third-order valence-corrected chi connectivity index (χ3v) is 6.71. The highest BCUT2D eigenvalue weighted by atomic mass is 35.5. The Bertz CT molecular complexity index is 883. The van der Waals surface area contributed by atoms with Gasteiger partial charge in [-0.05, 0) is 74.4 Å². The van der Waals surface area contributed by atoms with Gasteiger partial charge in [0.25, 0.3) is 0 Å². The number of morpholine rings is 1. The molecule has 2 unspecified atom stereocenters. The van der Waals surface area contributed by atoms with Crippen molar-refractivity contribution in [2.75, 3.05) is 33.8 Å². The van der Waals surface area contributed by atoms with Gasteiger partial charge in [-0.15, -0.1) is 0 Å². The number of nitrogens with zero attached hydrogens (tertiary/aromatic N) is 2. The van der Waals surface area contributed by atoms with E-state index in [0.29, 0.717) is 18.2 Å². The summed E-state index contributed by atoms with van der Waals surface area (Å²) in [5.41, 5.74) is 1.02. The number of halogens is 1. The van der Waals surface area contributed by atoms with Crippen molar-refractivity contribution in [3.8, 4) is 5.75 Å². The zero-order valence-corrected chi connectivity index (χ0v) is 20.6. The maximum Gasteiger partial charge on any atom is 0.326 e. The standard InChI is InChI=1S/C24H31ClN2O4S/c1-5-26(3)14-21-15-27(23(17(2)31-21)24(28)29-4)32-22-11-9-20(10-12-22)30-16-18-7-6-8-19(25)13-18/h6-13,17,21,23H,5,14-16H2,1-4H3/t17-,21?,23?/m0/s1. The van der Waals surface area contributed by atoms with Crippen LogP contribution in [0, 0.1) is 0 Å². The van der Waals surface area contributed by atoms with Crippen LogP contribution in [0.4, 0.5) is 0 Å². The van der Waals surface area contributed by atoms with Crippen LogP contribution in [0.2, 0.25) is 5.02 Å². The van der Waals surface area contributed by atoms with Gasteiger partial charge in [0.1, 0.15) is 18.4 Å². The Kier molecular flexibility index (Phi) is 9.25. The predicted molar refractivity (Wildman–Crippen MR) is 128 cm³/mol. The molecule has 6 nitrogen and oxygen atoms in total. The van der Waals surface area contributed by atoms with Crippen LogP contribution in [0.3, 0.4) is 0 Å². The van der Waals surface area contributed by atoms with Gasteiger partial charge >= 0.3 is 5.97 Å². The summed E-state index contributed by atoms with van der Waals surface area (Å²) in [6.07, 6.45) is -0.247. The van der Waals surface area contributed by atoms with Gasteiger partial charge in [-0.2, -0.15) is 0 Å².